The van der Waals surface area contributed by atoms with Gasteiger partial charge in [0, 0.05) is 34.1 Å². The van der Waals surface area contributed by atoms with E-state index in [4.69, 9.17) is 4.98 Å². The van der Waals surface area contributed by atoms with E-state index < -0.39 is 0 Å². The van der Waals surface area contributed by atoms with Crippen LogP contribution in [0.25, 0.3) is 71.6 Å². The Kier molecular flexibility index (Phi) is 3.33. The third kappa shape index (κ3) is 2.21. The van der Waals surface area contributed by atoms with Crippen LogP contribution in [0.4, 0.5) is 0 Å². The van der Waals surface area contributed by atoms with Crippen LogP contribution in [0, 0.1) is 6.92 Å². The largest absolute Gasteiger partial charge is 0.294 e. The molecule has 158 valence electrons. The standard InChI is InChI=1S/C31H19N3/c1-18-9-11-27-24(15-18)31-20-6-3-2-5-19(20)10-12-28(31)34(27)29-16-23-21-7-4-8-26-30(21)22(13-14-32-26)25(23)17-33-29/h2-17H,1H3. The van der Waals surface area contributed by atoms with Crippen molar-refractivity contribution in [1.29, 1.82) is 0 Å². The van der Waals surface area contributed by atoms with E-state index >= 15 is 0 Å². The zero-order valence-corrected chi connectivity index (χ0v) is 18.6. The van der Waals surface area contributed by atoms with E-state index in [0.717, 1.165) is 11.3 Å². The molecule has 1 aliphatic rings. The molecule has 0 N–H and O–H groups in total. The second-order valence-corrected chi connectivity index (χ2v) is 9.18. The van der Waals surface area contributed by atoms with E-state index in [2.05, 4.69) is 101 Å². The van der Waals surface area contributed by atoms with Crippen LogP contribution < -0.4 is 0 Å². The van der Waals surface area contributed by atoms with Gasteiger partial charge in [-0.3, -0.25) is 9.55 Å². The topological polar surface area (TPSA) is 30.7 Å². The Morgan fingerprint density at radius 2 is 1.50 bits per heavy atom. The molecule has 3 nitrogen and oxygen atoms in total. The van der Waals surface area contributed by atoms with Gasteiger partial charge in [0.25, 0.3) is 0 Å². The number of aryl methyl sites for hydroxylation is 1. The summed E-state index contributed by atoms with van der Waals surface area (Å²) in [4.78, 5) is 9.60. The van der Waals surface area contributed by atoms with Crippen molar-refractivity contribution in [2.24, 2.45) is 0 Å². The highest BCUT2D eigenvalue weighted by atomic mass is 15.1. The minimum Gasteiger partial charge on any atom is -0.294 e. The van der Waals surface area contributed by atoms with E-state index in [1.807, 2.05) is 12.4 Å². The predicted octanol–water partition coefficient (Wildman–Crippen LogP) is 7.84. The minimum absolute atomic E-state index is 0.940. The summed E-state index contributed by atoms with van der Waals surface area (Å²) in [7, 11) is 0. The molecule has 0 atom stereocenters. The number of aromatic nitrogens is 3. The van der Waals surface area contributed by atoms with E-state index in [-0.39, 0.29) is 0 Å². The first-order valence-electron chi connectivity index (χ1n) is 11.6. The molecule has 0 radical (unpaired) electrons. The fourth-order valence-corrected chi connectivity index (χ4v) is 5.81. The quantitative estimate of drug-likeness (QED) is 0.264. The lowest BCUT2D eigenvalue weighted by Gasteiger charge is -2.10. The van der Waals surface area contributed by atoms with Crippen molar-refractivity contribution in [3.63, 3.8) is 0 Å². The third-order valence-electron chi connectivity index (χ3n) is 7.28. The monoisotopic (exact) mass is 433 g/mol. The number of nitrogens with zero attached hydrogens (tertiary/aromatic N) is 3. The Labute approximate surface area is 195 Å². The van der Waals surface area contributed by atoms with Gasteiger partial charge >= 0.3 is 0 Å². The fraction of sp³-hybridized carbons (Fsp3) is 0.0323. The summed E-state index contributed by atoms with van der Waals surface area (Å²) in [6.45, 7) is 2.16. The molecular weight excluding hydrogens is 414 g/mol. The highest BCUT2D eigenvalue weighted by molar-refractivity contribution is 6.21. The van der Waals surface area contributed by atoms with Crippen LogP contribution in [0.5, 0.6) is 0 Å². The highest BCUT2D eigenvalue weighted by Gasteiger charge is 2.24. The molecule has 0 saturated heterocycles. The molecule has 4 aromatic carbocycles. The van der Waals surface area contributed by atoms with Gasteiger partial charge < -0.3 is 0 Å². The molecule has 3 heteroatoms. The van der Waals surface area contributed by atoms with E-state index in [0.29, 0.717) is 0 Å². The third-order valence-corrected chi connectivity index (χ3v) is 7.28. The van der Waals surface area contributed by atoms with E-state index in [1.54, 1.807) is 0 Å². The van der Waals surface area contributed by atoms with Crippen molar-refractivity contribution < 1.29 is 0 Å². The van der Waals surface area contributed by atoms with Gasteiger partial charge in [0.1, 0.15) is 5.82 Å². The summed E-state index contributed by atoms with van der Waals surface area (Å²) in [5.74, 6) is 0.940. The smallest absolute Gasteiger partial charge is 0.138 e. The molecule has 0 amide bonds. The molecular formula is C31H19N3. The van der Waals surface area contributed by atoms with Gasteiger partial charge in [0.05, 0.1) is 16.6 Å². The number of rotatable bonds is 1. The van der Waals surface area contributed by atoms with Crippen molar-refractivity contribution in [1.82, 2.24) is 14.5 Å². The SMILES string of the molecule is Cc1ccc2c(c1)c1c3ccccc3ccc1n2-c1cc2c(cn1)-c1ccnc3cccc-2c13. The first-order chi connectivity index (χ1) is 16.8. The van der Waals surface area contributed by atoms with Crippen LogP contribution in [0.3, 0.4) is 0 Å². The lowest BCUT2D eigenvalue weighted by Crippen LogP contribution is -1.98. The van der Waals surface area contributed by atoms with Crippen molar-refractivity contribution in [2.45, 2.75) is 6.92 Å². The first-order valence-corrected chi connectivity index (χ1v) is 11.6. The van der Waals surface area contributed by atoms with Gasteiger partial charge in [-0.15, -0.1) is 0 Å². The molecule has 0 spiro atoms. The van der Waals surface area contributed by atoms with E-state index in [9.17, 15) is 0 Å². The Hall–Kier alpha value is -4.50. The Bertz CT molecular complexity index is 1970. The number of pyridine rings is 2. The molecule has 7 aromatic rings. The van der Waals surface area contributed by atoms with Gasteiger partial charge in [0.15, 0.2) is 0 Å². The lowest BCUT2D eigenvalue weighted by atomic mass is 10.0. The summed E-state index contributed by atoms with van der Waals surface area (Å²) in [5.41, 5.74) is 9.52. The Morgan fingerprint density at radius 1 is 0.618 bits per heavy atom. The maximum absolute atomic E-state index is 5.01. The molecule has 0 bridgehead atoms. The van der Waals surface area contributed by atoms with Crippen LogP contribution in [0.1, 0.15) is 5.56 Å². The second kappa shape index (κ2) is 6.30. The predicted molar refractivity (Wildman–Crippen MR) is 141 cm³/mol. The fourth-order valence-electron chi connectivity index (χ4n) is 5.81. The van der Waals surface area contributed by atoms with Crippen LogP contribution in [-0.4, -0.2) is 14.5 Å². The molecule has 1 aliphatic carbocycles. The Morgan fingerprint density at radius 3 is 2.47 bits per heavy atom. The maximum atomic E-state index is 5.01. The number of hydrogen-bond donors (Lipinski definition) is 0. The molecule has 0 saturated carbocycles. The molecule has 0 fully saturated rings. The van der Waals surface area contributed by atoms with Gasteiger partial charge in [-0.2, -0.15) is 0 Å². The molecule has 3 heterocycles. The zero-order chi connectivity index (χ0) is 22.4. The molecule has 0 unspecified atom stereocenters. The summed E-state index contributed by atoms with van der Waals surface area (Å²) >= 11 is 0. The molecule has 34 heavy (non-hydrogen) atoms. The molecule has 0 aliphatic heterocycles. The number of fused-ring (bicyclic) bond motifs is 8. The zero-order valence-electron chi connectivity index (χ0n) is 18.6. The molecule has 8 rings (SSSR count). The Balaban J connectivity index is 1.49. The average molecular weight is 434 g/mol. The number of benzene rings is 4. The second-order valence-electron chi connectivity index (χ2n) is 9.18. The first kappa shape index (κ1) is 18.0. The summed E-state index contributed by atoms with van der Waals surface area (Å²) in [5, 5.41) is 6.31. The number of hydrogen-bond acceptors (Lipinski definition) is 2. The van der Waals surface area contributed by atoms with Gasteiger partial charge in [-0.05, 0) is 70.8 Å². The summed E-state index contributed by atoms with van der Waals surface area (Å²) < 4.78 is 2.32. The van der Waals surface area contributed by atoms with Crippen molar-refractivity contribution >= 4 is 43.5 Å². The minimum atomic E-state index is 0.940. The highest BCUT2D eigenvalue weighted by Crippen LogP contribution is 2.47. The normalized spacial score (nSPS) is 12.3. The van der Waals surface area contributed by atoms with Gasteiger partial charge in [0.2, 0.25) is 0 Å². The lowest BCUT2D eigenvalue weighted by molar-refractivity contribution is 1.08. The molecule has 3 aromatic heterocycles. The van der Waals surface area contributed by atoms with Gasteiger partial charge in [-0.25, -0.2) is 4.98 Å². The van der Waals surface area contributed by atoms with Crippen LogP contribution in [0.2, 0.25) is 0 Å². The van der Waals surface area contributed by atoms with Crippen LogP contribution in [0.15, 0.2) is 97.3 Å². The maximum Gasteiger partial charge on any atom is 0.138 e. The van der Waals surface area contributed by atoms with Crippen molar-refractivity contribution in [3.8, 4) is 28.1 Å². The van der Waals surface area contributed by atoms with Crippen molar-refractivity contribution in [3.05, 3.63) is 103 Å². The summed E-state index contributed by atoms with van der Waals surface area (Å²) in [6.07, 6.45) is 3.93. The summed E-state index contributed by atoms with van der Waals surface area (Å²) in [6, 6.07) is 30.6. The van der Waals surface area contributed by atoms with Gasteiger partial charge in [-0.1, -0.05) is 54.1 Å². The average Bonchev–Trinajstić information content (AvgIpc) is 3.38. The van der Waals surface area contributed by atoms with Crippen LogP contribution >= 0.6 is 0 Å². The van der Waals surface area contributed by atoms with E-state index in [1.165, 1.54) is 65.8 Å². The van der Waals surface area contributed by atoms with Crippen molar-refractivity contribution in [2.75, 3.05) is 0 Å². The van der Waals surface area contributed by atoms with Crippen LogP contribution in [-0.2, 0) is 0 Å².